The molecule has 124 valence electrons. The molecule has 1 fully saturated rings. The number of rotatable bonds is 3. The van der Waals surface area contributed by atoms with Crippen LogP contribution in [0.2, 0.25) is 0 Å². The second-order valence-corrected chi connectivity index (χ2v) is 6.66. The molecule has 1 aliphatic rings. The van der Waals surface area contributed by atoms with Gasteiger partial charge in [-0.15, -0.1) is 0 Å². The minimum Gasteiger partial charge on any atom is -0.353 e. The van der Waals surface area contributed by atoms with Gasteiger partial charge in [0.05, 0.1) is 23.5 Å². The van der Waals surface area contributed by atoms with Crippen molar-refractivity contribution >= 4 is 10.9 Å². The highest BCUT2D eigenvalue weighted by molar-refractivity contribution is 5.80. The van der Waals surface area contributed by atoms with Crippen LogP contribution in [0.5, 0.6) is 0 Å². The van der Waals surface area contributed by atoms with Gasteiger partial charge < -0.3 is 9.55 Å². The van der Waals surface area contributed by atoms with Gasteiger partial charge in [-0.2, -0.15) is 0 Å². The smallest absolute Gasteiger partial charge is 0.258 e. The molecule has 2 aromatic heterocycles. The molecule has 1 N–H and O–H groups in total. The van der Waals surface area contributed by atoms with Gasteiger partial charge in [0.15, 0.2) is 0 Å². The van der Waals surface area contributed by atoms with Gasteiger partial charge in [0.25, 0.3) is 5.56 Å². The molecule has 4 rings (SSSR count). The Hall–Kier alpha value is -2.40. The molecular weight excluding hydrogens is 300 g/mol. The van der Waals surface area contributed by atoms with Crippen LogP contribution in [0.1, 0.15) is 36.0 Å². The maximum atomic E-state index is 12.4. The second kappa shape index (κ2) is 5.91. The van der Waals surface area contributed by atoms with E-state index in [1.165, 1.54) is 12.1 Å². The van der Waals surface area contributed by atoms with Crippen molar-refractivity contribution < 1.29 is 0 Å². The SMILES string of the molecule is Cc1cccc2c(=O)[nH]c(CN3CCCC3c3cccn3C)nc12. The van der Waals surface area contributed by atoms with E-state index in [1.807, 2.05) is 25.1 Å². The number of benzene rings is 1. The molecule has 5 heteroatoms. The van der Waals surface area contributed by atoms with Crippen LogP contribution in [0.3, 0.4) is 0 Å². The highest BCUT2D eigenvalue weighted by atomic mass is 16.1. The summed E-state index contributed by atoms with van der Waals surface area (Å²) in [6.45, 7) is 3.71. The molecule has 24 heavy (non-hydrogen) atoms. The number of nitrogens with zero attached hydrogens (tertiary/aromatic N) is 3. The van der Waals surface area contributed by atoms with Crippen molar-refractivity contribution in [3.05, 3.63) is 64.0 Å². The quantitative estimate of drug-likeness (QED) is 0.807. The van der Waals surface area contributed by atoms with Gasteiger partial charge in [0, 0.05) is 18.9 Å². The maximum absolute atomic E-state index is 12.4. The molecule has 0 radical (unpaired) electrons. The van der Waals surface area contributed by atoms with Gasteiger partial charge in [-0.05, 0) is 50.1 Å². The number of fused-ring (bicyclic) bond motifs is 1. The summed E-state index contributed by atoms with van der Waals surface area (Å²) in [6, 6.07) is 10.4. The number of nitrogens with one attached hydrogen (secondary N) is 1. The Morgan fingerprint density at radius 2 is 2.17 bits per heavy atom. The van der Waals surface area contributed by atoms with E-state index in [-0.39, 0.29) is 5.56 Å². The van der Waals surface area contributed by atoms with Crippen LogP contribution >= 0.6 is 0 Å². The molecule has 1 aliphatic heterocycles. The number of likely N-dealkylation sites (tertiary alicyclic amines) is 1. The Kier molecular flexibility index (Phi) is 3.73. The maximum Gasteiger partial charge on any atom is 0.258 e. The van der Waals surface area contributed by atoms with E-state index in [2.05, 4.69) is 39.8 Å². The molecule has 3 heterocycles. The lowest BCUT2D eigenvalue weighted by molar-refractivity contribution is 0.235. The molecule has 1 saturated heterocycles. The van der Waals surface area contributed by atoms with E-state index in [1.54, 1.807) is 0 Å². The molecule has 0 spiro atoms. The molecule has 3 aromatic rings. The number of para-hydroxylation sites is 1. The first kappa shape index (κ1) is 15.1. The summed E-state index contributed by atoms with van der Waals surface area (Å²) in [7, 11) is 2.09. The third kappa shape index (κ3) is 2.55. The third-order valence-corrected chi connectivity index (χ3v) is 5.03. The van der Waals surface area contributed by atoms with Gasteiger partial charge >= 0.3 is 0 Å². The third-order valence-electron chi connectivity index (χ3n) is 5.03. The van der Waals surface area contributed by atoms with Crippen molar-refractivity contribution in [1.82, 2.24) is 19.4 Å². The van der Waals surface area contributed by atoms with Crippen LogP contribution in [0.15, 0.2) is 41.3 Å². The van der Waals surface area contributed by atoms with E-state index < -0.39 is 0 Å². The second-order valence-electron chi connectivity index (χ2n) is 6.66. The molecule has 0 bridgehead atoms. The van der Waals surface area contributed by atoms with E-state index >= 15 is 0 Å². The molecule has 0 amide bonds. The fraction of sp³-hybridized carbons (Fsp3) is 0.368. The summed E-state index contributed by atoms with van der Waals surface area (Å²) in [5, 5.41) is 0.666. The minimum atomic E-state index is -0.0479. The van der Waals surface area contributed by atoms with Crippen LogP contribution in [-0.4, -0.2) is 26.0 Å². The van der Waals surface area contributed by atoms with Crippen molar-refractivity contribution in [2.45, 2.75) is 32.4 Å². The molecule has 0 aliphatic carbocycles. The monoisotopic (exact) mass is 322 g/mol. The average molecular weight is 322 g/mol. The highest BCUT2D eigenvalue weighted by Gasteiger charge is 2.28. The van der Waals surface area contributed by atoms with Crippen LogP contribution in [0.25, 0.3) is 10.9 Å². The molecule has 5 nitrogen and oxygen atoms in total. The number of hydrogen-bond acceptors (Lipinski definition) is 3. The van der Waals surface area contributed by atoms with Crippen molar-refractivity contribution in [2.75, 3.05) is 6.54 Å². The van der Waals surface area contributed by atoms with E-state index in [0.29, 0.717) is 18.0 Å². The molecule has 1 aromatic carbocycles. The summed E-state index contributed by atoms with van der Waals surface area (Å²) >= 11 is 0. The van der Waals surface area contributed by atoms with E-state index in [0.717, 1.165) is 29.9 Å². The fourth-order valence-corrected chi connectivity index (χ4v) is 3.79. The van der Waals surface area contributed by atoms with Crippen LogP contribution in [0.4, 0.5) is 0 Å². The van der Waals surface area contributed by atoms with Crippen molar-refractivity contribution in [2.24, 2.45) is 7.05 Å². The topological polar surface area (TPSA) is 53.9 Å². The number of aryl methyl sites for hydroxylation is 2. The van der Waals surface area contributed by atoms with Crippen LogP contribution in [0, 0.1) is 6.92 Å². The number of hydrogen-bond donors (Lipinski definition) is 1. The summed E-state index contributed by atoms with van der Waals surface area (Å²) in [5.41, 5.74) is 3.13. The van der Waals surface area contributed by atoms with Gasteiger partial charge in [0.2, 0.25) is 0 Å². The normalized spacial score (nSPS) is 18.5. The summed E-state index contributed by atoms with van der Waals surface area (Å²) < 4.78 is 2.18. The molecule has 0 saturated carbocycles. The zero-order valence-corrected chi connectivity index (χ0v) is 14.1. The Bertz CT molecular complexity index is 940. The predicted octanol–water partition coefficient (Wildman–Crippen LogP) is 2.91. The van der Waals surface area contributed by atoms with Crippen LogP contribution < -0.4 is 5.56 Å². The average Bonchev–Trinajstić information content (AvgIpc) is 3.17. The lowest BCUT2D eigenvalue weighted by Crippen LogP contribution is -2.26. The van der Waals surface area contributed by atoms with E-state index in [9.17, 15) is 4.79 Å². The summed E-state index contributed by atoms with van der Waals surface area (Å²) in [5.74, 6) is 0.753. The minimum absolute atomic E-state index is 0.0479. The zero-order chi connectivity index (χ0) is 16.7. The first-order chi connectivity index (χ1) is 11.6. The Labute approximate surface area is 140 Å². The fourth-order valence-electron chi connectivity index (χ4n) is 3.79. The lowest BCUT2D eigenvalue weighted by atomic mass is 10.1. The van der Waals surface area contributed by atoms with Crippen molar-refractivity contribution in [1.29, 1.82) is 0 Å². The lowest BCUT2D eigenvalue weighted by Gasteiger charge is -2.24. The van der Waals surface area contributed by atoms with Gasteiger partial charge in [-0.25, -0.2) is 4.98 Å². The number of H-pyrrole nitrogens is 1. The first-order valence-electron chi connectivity index (χ1n) is 8.47. The van der Waals surface area contributed by atoms with Gasteiger partial charge in [0.1, 0.15) is 5.82 Å². The summed E-state index contributed by atoms with van der Waals surface area (Å²) in [4.78, 5) is 22.5. The Morgan fingerprint density at radius 3 is 2.96 bits per heavy atom. The van der Waals surface area contributed by atoms with Crippen molar-refractivity contribution in [3.63, 3.8) is 0 Å². The predicted molar refractivity (Wildman–Crippen MR) is 94.9 cm³/mol. The van der Waals surface area contributed by atoms with E-state index in [4.69, 9.17) is 4.98 Å². The van der Waals surface area contributed by atoms with Crippen LogP contribution in [-0.2, 0) is 13.6 Å². The summed E-state index contributed by atoms with van der Waals surface area (Å²) in [6.07, 6.45) is 4.41. The first-order valence-corrected chi connectivity index (χ1v) is 8.47. The largest absolute Gasteiger partial charge is 0.353 e. The number of aromatic amines is 1. The van der Waals surface area contributed by atoms with Gasteiger partial charge in [-0.3, -0.25) is 9.69 Å². The standard InChI is InChI=1S/C19H22N4O/c1-13-6-3-7-14-18(13)20-17(21-19(14)24)12-23-11-5-9-16(23)15-8-4-10-22(15)2/h3-4,6-8,10,16H,5,9,11-12H2,1-2H3,(H,20,21,24). The zero-order valence-electron chi connectivity index (χ0n) is 14.1. The molecular formula is C19H22N4O. The Balaban J connectivity index is 1.68. The van der Waals surface area contributed by atoms with Crippen molar-refractivity contribution in [3.8, 4) is 0 Å². The number of aromatic nitrogens is 3. The molecule has 1 atom stereocenters. The Morgan fingerprint density at radius 1 is 1.29 bits per heavy atom. The van der Waals surface area contributed by atoms with Gasteiger partial charge in [-0.1, -0.05) is 12.1 Å². The highest BCUT2D eigenvalue weighted by Crippen LogP contribution is 2.32. The molecule has 1 unspecified atom stereocenters.